The van der Waals surface area contributed by atoms with Gasteiger partial charge in [-0.25, -0.2) is 9.78 Å². The molecule has 4 aromatic rings. The molecule has 0 unspecified atom stereocenters. The number of thioether (sulfide) groups is 1. The van der Waals surface area contributed by atoms with Gasteiger partial charge in [0.1, 0.15) is 23.0 Å². The minimum absolute atomic E-state index is 0.160. The third-order valence-corrected chi connectivity index (χ3v) is 4.97. The first-order valence-electron chi connectivity index (χ1n) is 8.77. The SMILES string of the molecule is CCOC(=O)c1c(C)oc2nc(CSc3nnnn3-c3ccccc3)nc(N)c12. The fraction of sp³-hybridized carbons (Fsp3) is 0.222. The van der Waals surface area contributed by atoms with E-state index in [1.165, 1.54) is 11.8 Å². The number of nitrogen functional groups attached to an aromatic ring is 1. The number of carbonyl (C=O) groups excluding carboxylic acids is 1. The normalized spacial score (nSPS) is 11.1. The number of aromatic nitrogens is 6. The van der Waals surface area contributed by atoms with Crippen LogP contribution in [0.3, 0.4) is 0 Å². The molecule has 2 N–H and O–H groups in total. The van der Waals surface area contributed by atoms with Crippen molar-refractivity contribution in [2.24, 2.45) is 0 Å². The maximum absolute atomic E-state index is 12.2. The van der Waals surface area contributed by atoms with Gasteiger partial charge in [0, 0.05) is 0 Å². The van der Waals surface area contributed by atoms with Crippen molar-refractivity contribution in [3.63, 3.8) is 0 Å². The van der Waals surface area contributed by atoms with E-state index in [0.29, 0.717) is 27.9 Å². The molecule has 4 rings (SSSR count). The van der Waals surface area contributed by atoms with E-state index in [2.05, 4.69) is 25.5 Å². The fourth-order valence-corrected chi connectivity index (χ4v) is 3.57. The zero-order valence-corrected chi connectivity index (χ0v) is 16.5. The van der Waals surface area contributed by atoms with Crippen LogP contribution in [0.25, 0.3) is 16.8 Å². The lowest BCUT2D eigenvalue weighted by molar-refractivity contribution is 0.0526. The van der Waals surface area contributed by atoms with E-state index in [9.17, 15) is 4.79 Å². The summed E-state index contributed by atoms with van der Waals surface area (Å²) in [4.78, 5) is 20.9. The first kappa shape index (κ1) is 18.9. The van der Waals surface area contributed by atoms with E-state index in [-0.39, 0.29) is 23.7 Å². The van der Waals surface area contributed by atoms with Gasteiger partial charge in [-0.05, 0) is 36.4 Å². The van der Waals surface area contributed by atoms with Crippen molar-refractivity contribution in [3.8, 4) is 5.69 Å². The van der Waals surface area contributed by atoms with Gasteiger partial charge in [0.15, 0.2) is 0 Å². The topological polar surface area (TPSA) is 135 Å². The lowest BCUT2D eigenvalue weighted by Gasteiger charge is -2.05. The Morgan fingerprint density at radius 1 is 1.28 bits per heavy atom. The van der Waals surface area contributed by atoms with Crippen LogP contribution in [-0.2, 0) is 10.5 Å². The van der Waals surface area contributed by atoms with Crippen LogP contribution in [0.2, 0.25) is 0 Å². The molecule has 0 saturated heterocycles. The molecule has 148 valence electrons. The third kappa shape index (κ3) is 3.63. The average molecular weight is 411 g/mol. The Hall–Kier alpha value is -3.47. The highest BCUT2D eigenvalue weighted by Gasteiger charge is 2.24. The molecule has 3 aromatic heterocycles. The van der Waals surface area contributed by atoms with Crippen LogP contribution in [0.5, 0.6) is 0 Å². The molecule has 0 atom stereocenters. The number of carbonyl (C=O) groups is 1. The Kier molecular flexibility index (Phi) is 5.12. The molecule has 29 heavy (non-hydrogen) atoms. The maximum Gasteiger partial charge on any atom is 0.342 e. The Balaban J connectivity index is 1.61. The van der Waals surface area contributed by atoms with Crippen molar-refractivity contribution in [2.45, 2.75) is 24.8 Å². The summed E-state index contributed by atoms with van der Waals surface area (Å²) in [5, 5.41) is 12.8. The molecule has 0 spiro atoms. The number of aryl methyl sites for hydroxylation is 1. The number of hydrogen-bond donors (Lipinski definition) is 1. The molecular weight excluding hydrogens is 394 g/mol. The number of fused-ring (bicyclic) bond motifs is 1. The van der Waals surface area contributed by atoms with Crippen molar-refractivity contribution in [3.05, 3.63) is 47.5 Å². The molecular formula is C18H17N7O3S. The van der Waals surface area contributed by atoms with Crippen LogP contribution in [0.15, 0.2) is 39.9 Å². The maximum atomic E-state index is 12.2. The van der Waals surface area contributed by atoms with E-state index in [0.717, 1.165) is 5.69 Å². The molecule has 0 amide bonds. The lowest BCUT2D eigenvalue weighted by atomic mass is 10.2. The Morgan fingerprint density at radius 2 is 2.07 bits per heavy atom. The second kappa shape index (κ2) is 7.87. The van der Waals surface area contributed by atoms with Gasteiger partial charge in [-0.2, -0.15) is 9.67 Å². The van der Waals surface area contributed by atoms with Gasteiger partial charge >= 0.3 is 5.97 Å². The first-order chi connectivity index (χ1) is 14.1. The third-order valence-electron chi connectivity index (χ3n) is 4.05. The molecule has 1 aromatic carbocycles. The highest BCUT2D eigenvalue weighted by Crippen LogP contribution is 2.30. The summed E-state index contributed by atoms with van der Waals surface area (Å²) < 4.78 is 12.3. The molecule has 0 aliphatic heterocycles. The summed E-state index contributed by atoms with van der Waals surface area (Å²) in [6.07, 6.45) is 0. The van der Waals surface area contributed by atoms with Crippen LogP contribution in [0.1, 0.15) is 28.9 Å². The van der Waals surface area contributed by atoms with Crippen LogP contribution < -0.4 is 5.73 Å². The Morgan fingerprint density at radius 3 is 2.83 bits per heavy atom. The van der Waals surface area contributed by atoms with Crippen molar-refractivity contribution in [2.75, 3.05) is 12.3 Å². The molecule has 0 saturated carbocycles. The largest absolute Gasteiger partial charge is 0.462 e. The van der Waals surface area contributed by atoms with E-state index >= 15 is 0 Å². The van der Waals surface area contributed by atoms with Gasteiger partial charge in [0.25, 0.3) is 0 Å². The Bertz CT molecular complexity index is 1170. The summed E-state index contributed by atoms with van der Waals surface area (Å²) in [5.74, 6) is 0.836. The molecule has 11 heteroatoms. The highest BCUT2D eigenvalue weighted by molar-refractivity contribution is 7.98. The van der Waals surface area contributed by atoms with Crippen molar-refractivity contribution >= 4 is 34.6 Å². The molecule has 0 aliphatic carbocycles. The first-order valence-corrected chi connectivity index (χ1v) is 9.76. The fourth-order valence-electron chi connectivity index (χ4n) is 2.83. The van der Waals surface area contributed by atoms with Gasteiger partial charge in [-0.15, -0.1) is 5.10 Å². The van der Waals surface area contributed by atoms with Crippen molar-refractivity contribution < 1.29 is 13.9 Å². The predicted molar refractivity (Wildman–Crippen MR) is 106 cm³/mol. The summed E-state index contributed by atoms with van der Waals surface area (Å²) in [6.45, 7) is 3.64. The van der Waals surface area contributed by atoms with Gasteiger partial charge in [-0.3, -0.25) is 0 Å². The number of esters is 1. The summed E-state index contributed by atoms with van der Waals surface area (Å²) in [7, 11) is 0. The van der Waals surface area contributed by atoms with Crippen LogP contribution in [-0.4, -0.2) is 42.8 Å². The number of benzene rings is 1. The van der Waals surface area contributed by atoms with Gasteiger partial charge < -0.3 is 14.9 Å². The Labute approximate surface area is 169 Å². The van der Waals surface area contributed by atoms with Crippen molar-refractivity contribution in [1.82, 2.24) is 30.2 Å². The number of tetrazole rings is 1. The quantitative estimate of drug-likeness (QED) is 0.372. The smallest absolute Gasteiger partial charge is 0.342 e. The highest BCUT2D eigenvalue weighted by atomic mass is 32.2. The molecule has 3 heterocycles. The van der Waals surface area contributed by atoms with E-state index in [4.69, 9.17) is 14.9 Å². The minimum Gasteiger partial charge on any atom is -0.462 e. The average Bonchev–Trinajstić information content (AvgIpc) is 3.31. The number of hydrogen-bond acceptors (Lipinski definition) is 10. The van der Waals surface area contributed by atoms with Crippen LogP contribution >= 0.6 is 11.8 Å². The number of anilines is 1. The molecule has 0 fully saturated rings. The minimum atomic E-state index is -0.511. The summed E-state index contributed by atoms with van der Waals surface area (Å²) >= 11 is 1.36. The van der Waals surface area contributed by atoms with Gasteiger partial charge in [0.05, 0.1) is 23.4 Å². The van der Waals surface area contributed by atoms with Crippen LogP contribution in [0.4, 0.5) is 5.82 Å². The zero-order valence-electron chi connectivity index (χ0n) is 15.7. The summed E-state index contributed by atoms with van der Waals surface area (Å²) in [5.41, 5.74) is 7.45. The molecule has 0 radical (unpaired) electrons. The predicted octanol–water partition coefficient (Wildman–Crippen LogP) is 2.56. The second-order valence-electron chi connectivity index (χ2n) is 5.96. The second-order valence-corrected chi connectivity index (χ2v) is 6.90. The van der Waals surface area contributed by atoms with Gasteiger partial charge in [0.2, 0.25) is 10.9 Å². The standard InChI is InChI=1S/C18H17N7O3S/c1-3-27-17(26)13-10(2)28-16-14(13)15(19)20-12(21-16)9-29-18-22-23-24-25(18)11-7-5-4-6-8-11/h4-8H,3,9H2,1-2H3,(H2,19,20,21). The monoisotopic (exact) mass is 411 g/mol. The molecule has 0 aliphatic rings. The number of rotatable bonds is 6. The van der Waals surface area contributed by atoms with Crippen LogP contribution in [0, 0.1) is 6.92 Å². The van der Waals surface area contributed by atoms with Crippen molar-refractivity contribution in [1.29, 1.82) is 0 Å². The zero-order chi connectivity index (χ0) is 20.4. The van der Waals surface area contributed by atoms with E-state index < -0.39 is 5.97 Å². The summed E-state index contributed by atoms with van der Waals surface area (Å²) in [6, 6.07) is 9.54. The number of nitrogens with two attached hydrogens (primary N) is 1. The van der Waals surface area contributed by atoms with Gasteiger partial charge in [-0.1, -0.05) is 30.0 Å². The number of ether oxygens (including phenoxy) is 1. The number of furan rings is 1. The number of para-hydroxylation sites is 1. The molecule has 0 bridgehead atoms. The van der Waals surface area contributed by atoms with E-state index in [1.54, 1.807) is 18.5 Å². The molecule has 10 nitrogen and oxygen atoms in total. The van der Waals surface area contributed by atoms with E-state index in [1.807, 2.05) is 30.3 Å². The number of nitrogens with zero attached hydrogens (tertiary/aromatic N) is 6. The lowest BCUT2D eigenvalue weighted by Crippen LogP contribution is -2.07.